The molecule has 0 spiro atoms. The van der Waals surface area contributed by atoms with Crippen molar-refractivity contribution in [1.82, 2.24) is 0 Å². The monoisotopic (exact) mass is 322 g/mol. The molecule has 2 aromatic rings. The minimum absolute atomic E-state index is 0.0290. The van der Waals surface area contributed by atoms with Crippen LogP contribution < -0.4 is 4.74 Å². The van der Waals surface area contributed by atoms with Crippen LogP contribution in [0.15, 0.2) is 36.4 Å². The fraction of sp³-hybridized carbons (Fsp3) is 0.250. The average molecular weight is 323 g/mol. The van der Waals surface area contributed by atoms with Gasteiger partial charge in [-0.3, -0.25) is 0 Å². The molecule has 100 valence electrons. The third kappa shape index (κ3) is 2.98. The minimum Gasteiger partial charge on any atom is -0.494 e. The number of aryl methyl sites for hydroxylation is 2. The number of methoxy groups -OCH3 is 1. The van der Waals surface area contributed by atoms with E-state index in [0.29, 0.717) is 0 Å². The van der Waals surface area contributed by atoms with Crippen LogP contribution in [-0.4, -0.2) is 7.11 Å². The van der Waals surface area contributed by atoms with E-state index in [2.05, 4.69) is 48.0 Å². The zero-order valence-corrected chi connectivity index (χ0v) is 12.8. The number of hydrogen-bond acceptors (Lipinski definition) is 1. The van der Waals surface area contributed by atoms with Gasteiger partial charge >= 0.3 is 0 Å². The Bertz CT molecular complexity index is 595. The van der Waals surface area contributed by atoms with E-state index < -0.39 is 0 Å². The molecule has 0 aliphatic heterocycles. The Morgan fingerprint density at radius 2 is 1.63 bits per heavy atom. The first-order valence-corrected chi connectivity index (χ1v) is 6.99. The molecule has 1 atom stereocenters. The molecule has 0 fully saturated rings. The van der Waals surface area contributed by atoms with Gasteiger partial charge in [0.05, 0.1) is 11.9 Å². The van der Waals surface area contributed by atoms with Gasteiger partial charge in [-0.1, -0.05) is 40.2 Å². The lowest BCUT2D eigenvalue weighted by molar-refractivity contribution is 0.386. The van der Waals surface area contributed by atoms with Crippen LogP contribution in [0, 0.1) is 19.7 Å². The fourth-order valence-electron chi connectivity index (χ4n) is 1.95. The van der Waals surface area contributed by atoms with E-state index in [0.717, 1.165) is 11.1 Å². The van der Waals surface area contributed by atoms with Crippen molar-refractivity contribution in [2.45, 2.75) is 18.7 Å². The third-order valence-corrected chi connectivity index (χ3v) is 4.35. The summed E-state index contributed by atoms with van der Waals surface area (Å²) in [5, 5.41) is 0. The normalized spacial score (nSPS) is 12.3. The molecule has 2 rings (SSSR count). The lowest BCUT2D eigenvalue weighted by Gasteiger charge is -2.14. The van der Waals surface area contributed by atoms with Gasteiger partial charge < -0.3 is 4.74 Å². The van der Waals surface area contributed by atoms with Gasteiger partial charge in [0, 0.05) is 0 Å². The number of ether oxygens (including phenoxy) is 1. The number of halogens is 2. The van der Waals surface area contributed by atoms with Crippen molar-refractivity contribution >= 4 is 15.9 Å². The Balaban J connectivity index is 2.37. The minimum atomic E-state index is -0.342. The van der Waals surface area contributed by atoms with Crippen LogP contribution in [0.25, 0.3) is 0 Å². The fourth-order valence-corrected chi connectivity index (χ4v) is 2.52. The van der Waals surface area contributed by atoms with Crippen molar-refractivity contribution < 1.29 is 9.13 Å². The standard InChI is InChI=1S/C16H16BrFO/c1-10-4-5-12(8-11(10)2)16(17)13-6-7-14(18)15(9-13)19-3/h4-9,16H,1-3H3. The van der Waals surface area contributed by atoms with Crippen molar-refractivity contribution in [2.24, 2.45) is 0 Å². The summed E-state index contributed by atoms with van der Waals surface area (Å²) in [4.78, 5) is 0.0290. The van der Waals surface area contributed by atoms with E-state index in [-0.39, 0.29) is 16.4 Å². The zero-order chi connectivity index (χ0) is 14.0. The maximum Gasteiger partial charge on any atom is 0.165 e. The van der Waals surface area contributed by atoms with Gasteiger partial charge in [0.25, 0.3) is 0 Å². The van der Waals surface area contributed by atoms with E-state index >= 15 is 0 Å². The molecule has 0 N–H and O–H groups in total. The summed E-state index contributed by atoms with van der Waals surface area (Å²) >= 11 is 3.66. The van der Waals surface area contributed by atoms with E-state index in [1.54, 1.807) is 12.1 Å². The molecular formula is C16H16BrFO. The molecule has 0 saturated heterocycles. The smallest absolute Gasteiger partial charge is 0.165 e. The first-order valence-electron chi connectivity index (χ1n) is 6.07. The second kappa shape index (κ2) is 5.74. The second-order valence-corrected chi connectivity index (χ2v) is 5.52. The van der Waals surface area contributed by atoms with Crippen molar-refractivity contribution in [3.63, 3.8) is 0 Å². The van der Waals surface area contributed by atoms with Crippen molar-refractivity contribution in [3.8, 4) is 5.75 Å². The molecule has 0 amide bonds. The molecule has 0 aromatic heterocycles. The van der Waals surface area contributed by atoms with Crippen LogP contribution in [0.4, 0.5) is 4.39 Å². The lowest BCUT2D eigenvalue weighted by Crippen LogP contribution is -1.96. The highest BCUT2D eigenvalue weighted by Gasteiger charge is 2.13. The molecule has 19 heavy (non-hydrogen) atoms. The van der Waals surface area contributed by atoms with E-state index in [9.17, 15) is 4.39 Å². The highest BCUT2D eigenvalue weighted by atomic mass is 79.9. The van der Waals surface area contributed by atoms with Crippen LogP contribution in [0.3, 0.4) is 0 Å². The van der Waals surface area contributed by atoms with Crippen LogP contribution >= 0.6 is 15.9 Å². The molecule has 0 bridgehead atoms. The largest absolute Gasteiger partial charge is 0.494 e. The molecule has 3 heteroatoms. The Morgan fingerprint density at radius 3 is 2.26 bits per heavy atom. The molecule has 1 nitrogen and oxygen atoms in total. The summed E-state index contributed by atoms with van der Waals surface area (Å²) < 4.78 is 18.4. The maximum absolute atomic E-state index is 13.4. The van der Waals surface area contributed by atoms with Gasteiger partial charge in [0.15, 0.2) is 11.6 Å². The topological polar surface area (TPSA) is 9.23 Å². The summed E-state index contributed by atoms with van der Waals surface area (Å²) in [7, 11) is 1.47. The van der Waals surface area contributed by atoms with Gasteiger partial charge in [0.2, 0.25) is 0 Å². The number of alkyl halides is 1. The Hall–Kier alpha value is -1.35. The average Bonchev–Trinajstić information content (AvgIpc) is 2.41. The van der Waals surface area contributed by atoms with E-state index in [1.165, 1.54) is 24.3 Å². The predicted molar refractivity (Wildman–Crippen MR) is 79.6 cm³/mol. The summed E-state index contributed by atoms with van der Waals surface area (Å²) in [5.41, 5.74) is 4.63. The summed E-state index contributed by atoms with van der Waals surface area (Å²) in [6, 6.07) is 11.3. The number of benzene rings is 2. The number of rotatable bonds is 3. The molecular weight excluding hydrogens is 307 g/mol. The Labute approximate surface area is 121 Å². The second-order valence-electron chi connectivity index (χ2n) is 4.60. The Kier molecular flexibility index (Phi) is 4.25. The first-order chi connectivity index (χ1) is 9.02. The Morgan fingerprint density at radius 1 is 1.00 bits per heavy atom. The molecule has 0 radical (unpaired) electrons. The van der Waals surface area contributed by atoms with Crippen LogP contribution in [0.2, 0.25) is 0 Å². The maximum atomic E-state index is 13.4. The van der Waals surface area contributed by atoms with Crippen LogP contribution in [0.5, 0.6) is 5.75 Å². The lowest BCUT2D eigenvalue weighted by atomic mass is 10.0. The third-order valence-electron chi connectivity index (χ3n) is 3.29. The first kappa shape index (κ1) is 14.1. The van der Waals surface area contributed by atoms with Gasteiger partial charge in [-0.25, -0.2) is 4.39 Å². The van der Waals surface area contributed by atoms with Gasteiger partial charge in [0.1, 0.15) is 0 Å². The van der Waals surface area contributed by atoms with Gasteiger partial charge in [-0.05, 0) is 48.2 Å². The molecule has 1 unspecified atom stereocenters. The van der Waals surface area contributed by atoms with Crippen molar-refractivity contribution in [2.75, 3.05) is 7.11 Å². The molecule has 0 heterocycles. The predicted octanol–water partition coefficient (Wildman–Crippen LogP) is 4.94. The van der Waals surface area contributed by atoms with Gasteiger partial charge in [-0.2, -0.15) is 0 Å². The summed E-state index contributed by atoms with van der Waals surface area (Å²) in [5.74, 6) is -0.0724. The number of hydrogen-bond donors (Lipinski definition) is 0. The molecule has 0 aliphatic rings. The molecule has 0 aliphatic carbocycles. The molecule has 0 saturated carbocycles. The van der Waals surface area contributed by atoms with Crippen molar-refractivity contribution in [3.05, 3.63) is 64.5 Å². The van der Waals surface area contributed by atoms with E-state index in [4.69, 9.17) is 4.74 Å². The zero-order valence-electron chi connectivity index (χ0n) is 11.2. The van der Waals surface area contributed by atoms with Crippen molar-refractivity contribution in [1.29, 1.82) is 0 Å². The quantitative estimate of drug-likeness (QED) is 0.727. The highest BCUT2D eigenvalue weighted by Crippen LogP contribution is 2.34. The summed E-state index contributed by atoms with van der Waals surface area (Å²) in [6.45, 7) is 4.17. The molecule has 2 aromatic carbocycles. The van der Waals surface area contributed by atoms with Gasteiger partial charge in [-0.15, -0.1) is 0 Å². The van der Waals surface area contributed by atoms with Crippen LogP contribution in [-0.2, 0) is 0 Å². The highest BCUT2D eigenvalue weighted by molar-refractivity contribution is 9.09. The SMILES string of the molecule is COc1cc(C(Br)c2ccc(C)c(C)c2)ccc1F. The van der Waals surface area contributed by atoms with Crippen LogP contribution in [0.1, 0.15) is 27.1 Å². The summed E-state index contributed by atoms with van der Waals surface area (Å²) in [6.07, 6.45) is 0. The van der Waals surface area contributed by atoms with E-state index in [1.807, 2.05) is 0 Å².